The first-order valence-corrected chi connectivity index (χ1v) is 9.91. The van der Waals surface area contributed by atoms with Crippen LogP contribution in [0.1, 0.15) is 51.1 Å². The first-order valence-electron chi connectivity index (χ1n) is 9.53. The molecule has 4 atom stereocenters. The molecule has 1 saturated carbocycles. The first kappa shape index (κ1) is 22.0. The van der Waals surface area contributed by atoms with Gasteiger partial charge >= 0.3 is 12.0 Å². The van der Waals surface area contributed by atoms with Gasteiger partial charge < -0.3 is 21.1 Å². The Hall–Kier alpha value is -2.28. The molecule has 1 aromatic rings. The molecule has 0 radical (unpaired) electrons. The van der Waals surface area contributed by atoms with Crippen molar-refractivity contribution in [2.24, 2.45) is 17.6 Å². The highest BCUT2D eigenvalue weighted by Gasteiger charge is 2.28. The van der Waals surface area contributed by atoms with E-state index in [1.165, 1.54) is 6.42 Å². The van der Waals surface area contributed by atoms with Crippen molar-refractivity contribution in [3.63, 3.8) is 0 Å². The van der Waals surface area contributed by atoms with Gasteiger partial charge in [-0.15, -0.1) is 0 Å². The minimum absolute atomic E-state index is 0.0994. The quantitative estimate of drug-likeness (QED) is 0.601. The highest BCUT2D eigenvalue weighted by molar-refractivity contribution is 6.31. The van der Waals surface area contributed by atoms with Gasteiger partial charge in [0.15, 0.2) is 6.61 Å². The molecular formula is C20H28ClN3O4. The molecule has 0 aromatic heterocycles. The van der Waals surface area contributed by atoms with E-state index in [0.717, 1.165) is 12.8 Å². The molecule has 28 heavy (non-hydrogen) atoms. The number of primary amides is 1. The molecule has 0 saturated heterocycles. The summed E-state index contributed by atoms with van der Waals surface area (Å²) in [7, 11) is 0. The number of esters is 1. The summed E-state index contributed by atoms with van der Waals surface area (Å²) >= 11 is 6.14. The number of carbonyl (C=O) groups excluding carboxylic acids is 3. The van der Waals surface area contributed by atoms with Crippen molar-refractivity contribution in [1.29, 1.82) is 0 Å². The summed E-state index contributed by atoms with van der Waals surface area (Å²) in [6.45, 7) is 3.95. The minimum Gasteiger partial charge on any atom is -0.456 e. The lowest BCUT2D eigenvalue weighted by molar-refractivity contribution is -0.149. The van der Waals surface area contributed by atoms with Gasteiger partial charge in [-0.3, -0.25) is 9.59 Å². The second-order valence-corrected chi connectivity index (χ2v) is 7.80. The fourth-order valence-corrected chi connectivity index (χ4v) is 3.84. The van der Waals surface area contributed by atoms with Gasteiger partial charge in [0.1, 0.15) is 0 Å². The van der Waals surface area contributed by atoms with Crippen molar-refractivity contribution in [1.82, 2.24) is 10.6 Å². The molecule has 4 N–H and O–H groups in total. The highest BCUT2D eigenvalue weighted by Crippen LogP contribution is 2.29. The van der Waals surface area contributed by atoms with Crippen LogP contribution in [0.4, 0.5) is 4.79 Å². The van der Waals surface area contributed by atoms with Gasteiger partial charge in [0.05, 0.1) is 12.5 Å². The predicted octanol–water partition coefficient (Wildman–Crippen LogP) is 2.92. The van der Waals surface area contributed by atoms with Gasteiger partial charge in [0.2, 0.25) is 0 Å². The highest BCUT2D eigenvalue weighted by atomic mass is 35.5. The topological polar surface area (TPSA) is 111 Å². The largest absolute Gasteiger partial charge is 0.456 e. The molecule has 0 spiro atoms. The molecule has 0 heterocycles. The van der Waals surface area contributed by atoms with Crippen molar-refractivity contribution >= 4 is 29.5 Å². The number of nitrogens with one attached hydrogen (secondary N) is 2. The molecule has 0 bridgehead atoms. The van der Waals surface area contributed by atoms with Crippen molar-refractivity contribution < 1.29 is 19.1 Å². The van der Waals surface area contributed by atoms with Gasteiger partial charge in [-0.25, -0.2) is 4.79 Å². The Kier molecular flexibility index (Phi) is 8.11. The van der Waals surface area contributed by atoms with Crippen molar-refractivity contribution in [3.8, 4) is 0 Å². The Morgan fingerprint density at radius 3 is 2.64 bits per heavy atom. The monoisotopic (exact) mass is 409 g/mol. The van der Waals surface area contributed by atoms with Gasteiger partial charge in [-0.1, -0.05) is 56.5 Å². The van der Waals surface area contributed by atoms with Crippen LogP contribution < -0.4 is 16.4 Å². The number of carbonyl (C=O) groups is 3. The third-order valence-corrected chi connectivity index (χ3v) is 5.73. The third kappa shape index (κ3) is 6.41. The second kappa shape index (κ2) is 10.3. The maximum Gasteiger partial charge on any atom is 0.312 e. The zero-order valence-electron chi connectivity index (χ0n) is 16.2. The van der Waals surface area contributed by atoms with E-state index in [1.54, 1.807) is 24.3 Å². The average Bonchev–Trinajstić information content (AvgIpc) is 2.63. The van der Waals surface area contributed by atoms with Crippen molar-refractivity contribution in [2.45, 2.75) is 51.6 Å². The number of nitrogens with two attached hydrogens (primary N) is 1. The summed E-state index contributed by atoms with van der Waals surface area (Å²) in [6.07, 6.45) is 2.99. The van der Waals surface area contributed by atoms with Crippen molar-refractivity contribution in [3.05, 3.63) is 34.9 Å². The lowest BCUT2D eigenvalue weighted by Crippen LogP contribution is -2.45. The normalized spacial score (nSPS) is 22.8. The van der Waals surface area contributed by atoms with Crippen LogP contribution in [-0.4, -0.2) is 30.6 Å². The summed E-state index contributed by atoms with van der Waals surface area (Å²) in [5.74, 6) is -0.00837. The molecule has 4 unspecified atom stereocenters. The van der Waals surface area contributed by atoms with Gasteiger partial charge in [0, 0.05) is 11.1 Å². The zero-order valence-corrected chi connectivity index (χ0v) is 17.0. The Labute approximate surface area is 170 Å². The average molecular weight is 410 g/mol. The van der Waals surface area contributed by atoms with E-state index < -0.39 is 18.0 Å². The van der Waals surface area contributed by atoms with E-state index in [9.17, 15) is 14.4 Å². The lowest BCUT2D eigenvalue weighted by atomic mass is 9.78. The van der Waals surface area contributed by atoms with Crippen molar-refractivity contribution in [2.75, 3.05) is 6.61 Å². The van der Waals surface area contributed by atoms with Gasteiger partial charge in [-0.2, -0.15) is 0 Å². The Morgan fingerprint density at radius 1 is 1.25 bits per heavy atom. The number of urea groups is 1. The Morgan fingerprint density at radius 2 is 1.96 bits per heavy atom. The molecule has 154 valence electrons. The van der Waals surface area contributed by atoms with E-state index in [1.807, 2.05) is 0 Å². The Balaban J connectivity index is 1.87. The summed E-state index contributed by atoms with van der Waals surface area (Å²) < 4.78 is 5.09. The molecule has 1 aliphatic carbocycles. The number of rotatable bonds is 7. The number of halogens is 1. The van der Waals surface area contributed by atoms with Crippen LogP contribution in [0.15, 0.2) is 24.3 Å². The molecule has 0 aliphatic heterocycles. The first-order chi connectivity index (χ1) is 13.3. The Bertz CT molecular complexity index is 712. The van der Waals surface area contributed by atoms with Crippen LogP contribution >= 0.6 is 11.6 Å². The van der Waals surface area contributed by atoms with Gasteiger partial charge in [-0.05, 0) is 29.9 Å². The fourth-order valence-electron chi connectivity index (χ4n) is 3.57. The maximum atomic E-state index is 12.2. The molecule has 1 aromatic carbocycles. The minimum atomic E-state index is -0.782. The summed E-state index contributed by atoms with van der Waals surface area (Å²) in [5.41, 5.74) is 5.75. The molecule has 1 aliphatic rings. The van der Waals surface area contributed by atoms with E-state index in [2.05, 4.69) is 24.5 Å². The SMILES string of the molecule is CC1CCCC(NC(=O)COC(=O)CC(NC(N)=O)c2ccccc2Cl)C1C. The number of ether oxygens (including phenoxy) is 1. The van der Waals surface area contributed by atoms with E-state index in [4.69, 9.17) is 22.1 Å². The molecular weight excluding hydrogens is 382 g/mol. The second-order valence-electron chi connectivity index (χ2n) is 7.39. The smallest absolute Gasteiger partial charge is 0.312 e. The standard InChI is InChI=1S/C20H28ClN3O4/c1-12-6-5-9-16(13(12)2)23-18(25)11-28-19(26)10-17(24-20(22)27)14-7-3-4-8-15(14)21/h3-4,7-8,12-13,16-17H,5-6,9-11H2,1-2H3,(H,23,25)(H3,22,24,27). The lowest BCUT2D eigenvalue weighted by Gasteiger charge is -2.34. The molecule has 8 heteroatoms. The molecule has 1 fully saturated rings. The number of benzene rings is 1. The number of amides is 3. The predicted molar refractivity (Wildman–Crippen MR) is 107 cm³/mol. The summed E-state index contributed by atoms with van der Waals surface area (Å²) in [6, 6.07) is 5.40. The van der Waals surface area contributed by atoms with E-state index >= 15 is 0 Å². The van der Waals surface area contributed by atoms with E-state index in [0.29, 0.717) is 22.4 Å². The number of hydrogen-bond donors (Lipinski definition) is 3. The summed E-state index contributed by atoms with van der Waals surface area (Å²) in [5, 5.41) is 5.83. The zero-order chi connectivity index (χ0) is 20.7. The van der Waals surface area contributed by atoms with Crippen LogP contribution in [0.5, 0.6) is 0 Å². The molecule has 2 rings (SSSR count). The summed E-state index contributed by atoms with van der Waals surface area (Å²) in [4.78, 5) is 35.6. The van der Waals surface area contributed by atoms with Crippen LogP contribution in [0, 0.1) is 11.8 Å². The van der Waals surface area contributed by atoms with Crippen LogP contribution in [0.3, 0.4) is 0 Å². The molecule has 7 nitrogen and oxygen atoms in total. The van der Waals surface area contributed by atoms with Gasteiger partial charge in [0.25, 0.3) is 5.91 Å². The van der Waals surface area contributed by atoms with E-state index in [-0.39, 0.29) is 25.0 Å². The fraction of sp³-hybridized carbons (Fsp3) is 0.550. The van der Waals surface area contributed by atoms with Crippen LogP contribution in [0.2, 0.25) is 5.02 Å². The van der Waals surface area contributed by atoms with Crippen LogP contribution in [-0.2, 0) is 14.3 Å². The molecule has 3 amide bonds. The van der Waals surface area contributed by atoms with Crippen LogP contribution in [0.25, 0.3) is 0 Å². The third-order valence-electron chi connectivity index (χ3n) is 5.39. The maximum absolute atomic E-state index is 12.2. The number of hydrogen-bond acceptors (Lipinski definition) is 4.